The molecule has 0 bridgehead atoms. The van der Waals surface area contributed by atoms with Crippen molar-refractivity contribution in [3.05, 3.63) is 119 Å². The van der Waals surface area contributed by atoms with Gasteiger partial charge in [0, 0.05) is 37.1 Å². The minimum atomic E-state index is -0.965. The lowest BCUT2D eigenvalue weighted by molar-refractivity contribution is -0.140. The lowest BCUT2D eigenvalue weighted by Gasteiger charge is -2.40. The minimum absolute atomic E-state index is 0.128. The molecule has 6 rings (SSSR count). The zero-order chi connectivity index (χ0) is 28.6. The Kier molecular flexibility index (Phi) is 7.05. The molecule has 7 nitrogen and oxygen atoms in total. The van der Waals surface area contributed by atoms with Crippen LogP contribution in [0.2, 0.25) is 5.02 Å². The molecule has 1 saturated heterocycles. The van der Waals surface area contributed by atoms with Crippen LogP contribution >= 0.6 is 11.6 Å². The van der Waals surface area contributed by atoms with Crippen molar-refractivity contribution in [2.45, 2.75) is 18.9 Å². The standard InChI is InChI=1S/C33H29ClN4O3/c1-37-32(41)33(20-22-7-3-2-4-8-22)21-38(18-17-28(33)36-37)31(40)29(24-13-15-27(34)16-14-24)35-30(39)26-12-11-23-9-5-6-10-25(23)19-26/h2-16,19,29H,17-18,20-21H2,1H3,(H,35,39). The van der Waals surface area contributed by atoms with Gasteiger partial charge in [0.05, 0.1) is 5.71 Å². The van der Waals surface area contributed by atoms with E-state index in [0.29, 0.717) is 35.5 Å². The smallest absolute Gasteiger partial charge is 0.256 e. The van der Waals surface area contributed by atoms with Crippen LogP contribution in [0.1, 0.15) is 33.9 Å². The van der Waals surface area contributed by atoms with Gasteiger partial charge in [-0.2, -0.15) is 5.10 Å². The number of amides is 3. The molecule has 0 radical (unpaired) electrons. The number of hydrogen-bond acceptors (Lipinski definition) is 4. The van der Waals surface area contributed by atoms with E-state index in [2.05, 4.69) is 10.4 Å². The Morgan fingerprint density at radius 3 is 2.41 bits per heavy atom. The second kappa shape index (κ2) is 10.8. The maximum absolute atomic E-state index is 14.2. The number of carbonyl (C=O) groups excluding carboxylic acids is 3. The first-order valence-electron chi connectivity index (χ1n) is 13.6. The summed E-state index contributed by atoms with van der Waals surface area (Å²) >= 11 is 6.15. The first kappa shape index (κ1) is 26.7. The van der Waals surface area contributed by atoms with E-state index in [9.17, 15) is 14.4 Å². The molecule has 0 aliphatic carbocycles. The summed E-state index contributed by atoms with van der Waals surface area (Å²) in [6.45, 7) is 0.573. The lowest BCUT2D eigenvalue weighted by atomic mass is 9.73. The van der Waals surface area contributed by atoms with Crippen LogP contribution in [0.3, 0.4) is 0 Å². The number of benzene rings is 4. The van der Waals surface area contributed by atoms with E-state index in [0.717, 1.165) is 22.0 Å². The predicted molar refractivity (Wildman–Crippen MR) is 160 cm³/mol. The van der Waals surface area contributed by atoms with E-state index in [-0.39, 0.29) is 24.3 Å². The highest BCUT2D eigenvalue weighted by atomic mass is 35.5. The van der Waals surface area contributed by atoms with Gasteiger partial charge < -0.3 is 10.2 Å². The van der Waals surface area contributed by atoms with Crippen molar-refractivity contribution in [2.75, 3.05) is 20.1 Å². The van der Waals surface area contributed by atoms with E-state index in [4.69, 9.17) is 11.6 Å². The minimum Gasteiger partial charge on any atom is -0.339 e. The molecule has 3 amide bonds. The molecule has 4 aromatic carbocycles. The van der Waals surface area contributed by atoms with Gasteiger partial charge in [0.1, 0.15) is 11.5 Å². The largest absolute Gasteiger partial charge is 0.339 e. The van der Waals surface area contributed by atoms with E-state index >= 15 is 0 Å². The van der Waals surface area contributed by atoms with Crippen molar-refractivity contribution in [2.24, 2.45) is 10.5 Å². The maximum atomic E-state index is 14.2. The van der Waals surface area contributed by atoms with E-state index < -0.39 is 11.5 Å². The monoisotopic (exact) mass is 564 g/mol. The Hall–Kier alpha value is -4.49. The second-order valence-corrected chi connectivity index (χ2v) is 11.1. The first-order valence-corrected chi connectivity index (χ1v) is 14.0. The molecule has 2 aliphatic heterocycles. The molecular weight excluding hydrogens is 536 g/mol. The number of fused-ring (bicyclic) bond motifs is 2. The molecule has 0 saturated carbocycles. The zero-order valence-electron chi connectivity index (χ0n) is 22.6. The molecule has 2 atom stereocenters. The molecule has 4 aromatic rings. The van der Waals surface area contributed by atoms with E-state index in [1.165, 1.54) is 5.01 Å². The molecule has 206 valence electrons. The summed E-state index contributed by atoms with van der Waals surface area (Å²) in [6.07, 6.45) is 0.912. The Morgan fingerprint density at radius 2 is 1.66 bits per heavy atom. The van der Waals surface area contributed by atoms with E-state index in [1.54, 1.807) is 42.3 Å². The molecule has 1 N–H and O–H groups in total. The fourth-order valence-electron chi connectivity index (χ4n) is 5.89. The van der Waals surface area contributed by atoms with Crippen LogP contribution in [0.25, 0.3) is 10.8 Å². The Balaban J connectivity index is 1.31. The van der Waals surface area contributed by atoms with Crippen molar-refractivity contribution in [1.82, 2.24) is 15.2 Å². The van der Waals surface area contributed by atoms with Crippen molar-refractivity contribution in [3.8, 4) is 0 Å². The lowest BCUT2D eigenvalue weighted by Crippen LogP contribution is -2.57. The number of rotatable bonds is 6. The second-order valence-electron chi connectivity index (χ2n) is 10.6. The summed E-state index contributed by atoms with van der Waals surface area (Å²) in [5, 5.41) is 11.4. The Labute approximate surface area is 243 Å². The highest BCUT2D eigenvalue weighted by Gasteiger charge is 2.54. The summed E-state index contributed by atoms with van der Waals surface area (Å²) < 4.78 is 0. The average Bonchev–Trinajstić information content (AvgIpc) is 3.24. The highest BCUT2D eigenvalue weighted by molar-refractivity contribution is 6.30. The normalized spacial score (nSPS) is 19.1. The summed E-state index contributed by atoms with van der Waals surface area (Å²) in [5.41, 5.74) is 1.91. The average molecular weight is 565 g/mol. The van der Waals surface area contributed by atoms with Gasteiger partial charge in [0.15, 0.2) is 0 Å². The number of halogens is 1. The van der Waals surface area contributed by atoms with Crippen molar-refractivity contribution in [1.29, 1.82) is 0 Å². The molecular formula is C33H29ClN4O3. The Morgan fingerprint density at radius 1 is 0.951 bits per heavy atom. The number of nitrogens with one attached hydrogen (secondary N) is 1. The zero-order valence-corrected chi connectivity index (χ0v) is 23.3. The van der Waals surface area contributed by atoms with Crippen LogP contribution in [-0.2, 0) is 16.0 Å². The molecule has 2 aliphatic rings. The molecule has 8 heteroatoms. The summed E-state index contributed by atoms with van der Waals surface area (Å²) in [5.74, 6) is -0.772. The summed E-state index contributed by atoms with van der Waals surface area (Å²) in [4.78, 5) is 43.0. The van der Waals surface area contributed by atoms with Crippen LogP contribution in [0.15, 0.2) is 102 Å². The van der Waals surface area contributed by atoms with Crippen LogP contribution in [0.4, 0.5) is 0 Å². The van der Waals surface area contributed by atoms with Gasteiger partial charge in [0.25, 0.3) is 11.8 Å². The molecule has 0 aromatic heterocycles. The quantitative estimate of drug-likeness (QED) is 0.347. The van der Waals surface area contributed by atoms with Gasteiger partial charge in [-0.1, -0.05) is 84.4 Å². The third-order valence-electron chi connectivity index (χ3n) is 8.00. The topological polar surface area (TPSA) is 82.1 Å². The molecule has 1 fully saturated rings. The van der Waals surface area contributed by atoms with Crippen molar-refractivity contribution in [3.63, 3.8) is 0 Å². The number of likely N-dealkylation sites (tertiary alicyclic amines) is 1. The number of carbonyl (C=O) groups is 3. The third kappa shape index (κ3) is 5.09. The maximum Gasteiger partial charge on any atom is 0.256 e. The number of nitrogens with zero attached hydrogens (tertiary/aromatic N) is 3. The molecule has 2 unspecified atom stereocenters. The molecule has 0 spiro atoms. The van der Waals surface area contributed by atoms with Gasteiger partial charge in [0.2, 0.25) is 5.91 Å². The number of hydrazone groups is 1. The molecule has 2 heterocycles. The van der Waals surface area contributed by atoms with E-state index in [1.807, 2.05) is 66.7 Å². The van der Waals surface area contributed by atoms with Gasteiger partial charge in [-0.3, -0.25) is 14.4 Å². The fourth-order valence-corrected chi connectivity index (χ4v) is 6.01. The van der Waals surface area contributed by atoms with Gasteiger partial charge in [-0.25, -0.2) is 5.01 Å². The summed E-state index contributed by atoms with van der Waals surface area (Å²) in [6, 6.07) is 29.0. The van der Waals surface area contributed by atoms with Crippen LogP contribution in [0, 0.1) is 5.41 Å². The highest BCUT2D eigenvalue weighted by Crippen LogP contribution is 2.39. The van der Waals surface area contributed by atoms with Gasteiger partial charge in [-0.05, 0) is 52.6 Å². The Bertz CT molecular complexity index is 1670. The number of piperidine rings is 1. The van der Waals surface area contributed by atoms with Crippen molar-refractivity contribution >= 4 is 45.8 Å². The van der Waals surface area contributed by atoms with Crippen LogP contribution in [-0.4, -0.2) is 53.5 Å². The van der Waals surface area contributed by atoms with Crippen LogP contribution in [0.5, 0.6) is 0 Å². The van der Waals surface area contributed by atoms with Gasteiger partial charge in [-0.15, -0.1) is 0 Å². The first-order chi connectivity index (χ1) is 19.8. The van der Waals surface area contributed by atoms with Gasteiger partial charge >= 0.3 is 0 Å². The number of hydrogen-bond donors (Lipinski definition) is 1. The summed E-state index contributed by atoms with van der Waals surface area (Å²) in [7, 11) is 1.66. The fraction of sp³-hybridized carbons (Fsp3) is 0.212. The van der Waals surface area contributed by atoms with Crippen LogP contribution < -0.4 is 5.32 Å². The SMILES string of the molecule is CN1N=C2CCN(C(=O)C(NC(=O)c3ccc4ccccc4c3)c3ccc(Cl)cc3)CC2(Cc2ccccc2)C1=O. The third-order valence-corrected chi connectivity index (χ3v) is 8.26. The predicted octanol–water partition coefficient (Wildman–Crippen LogP) is 5.25. The molecule has 41 heavy (non-hydrogen) atoms. The van der Waals surface area contributed by atoms with Crippen molar-refractivity contribution < 1.29 is 14.4 Å².